The number of halogens is 1. The Morgan fingerprint density at radius 1 is 1.47 bits per heavy atom. The molecule has 0 radical (unpaired) electrons. The summed E-state index contributed by atoms with van der Waals surface area (Å²) >= 11 is 3.23. The van der Waals surface area contributed by atoms with Gasteiger partial charge in [-0.2, -0.15) is 4.36 Å². The van der Waals surface area contributed by atoms with Gasteiger partial charge in [0.15, 0.2) is 0 Å². The van der Waals surface area contributed by atoms with E-state index in [-0.39, 0.29) is 0 Å². The van der Waals surface area contributed by atoms with Crippen LogP contribution in [0.1, 0.15) is 23.3 Å². The molecule has 0 bridgehead atoms. The van der Waals surface area contributed by atoms with Gasteiger partial charge in [-0.15, -0.1) is 0 Å². The molecule has 0 aliphatic carbocycles. The molecular formula is C9H11BrN2O2S. The first-order valence-corrected chi connectivity index (χ1v) is 7.34. The predicted molar refractivity (Wildman–Crippen MR) is 62.4 cm³/mol. The molecule has 0 spiro atoms. The molecule has 0 unspecified atom stereocenters. The van der Waals surface area contributed by atoms with E-state index in [1.807, 2.05) is 0 Å². The van der Waals surface area contributed by atoms with Crippen molar-refractivity contribution < 1.29 is 9.00 Å². The fraction of sp³-hybridized carbons (Fsp3) is 0.444. The number of nitrogens with zero attached hydrogens (tertiary/aromatic N) is 1. The maximum Gasteiger partial charge on any atom is 0.301 e. The standard InChI is InChI=1S/C9H11BrN2O2S/c10-7-5-8(11-6-7)9(13)12-15(14)3-1-2-4-15/h5-6,11H,1-4H2. The highest BCUT2D eigenvalue weighted by Gasteiger charge is 2.19. The number of amides is 1. The molecule has 82 valence electrons. The highest BCUT2D eigenvalue weighted by Crippen LogP contribution is 2.16. The summed E-state index contributed by atoms with van der Waals surface area (Å²) in [5.74, 6) is 0.703. The van der Waals surface area contributed by atoms with Crippen molar-refractivity contribution in [1.29, 1.82) is 0 Å². The molecule has 1 saturated heterocycles. The Balaban J connectivity index is 2.26. The van der Waals surface area contributed by atoms with Gasteiger partial charge >= 0.3 is 5.91 Å². The number of H-pyrrole nitrogens is 1. The van der Waals surface area contributed by atoms with Crippen LogP contribution in [0, 0.1) is 0 Å². The van der Waals surface area contributed by atoms with Gasteiger partial charge in [0.2, 0.25) is 0 Å². The third-order valence-electron chi connectivity index (χ3n) is 2.30. The van der Waals surface area contributed by atoms with E-state index in [1.165, 1.54) is 0 Å². The minimum atomic E-state index is -2.25. The van der Waals surface area contributed by atoms with Crippen molar-refractivity contribution in [1.82, 2.24) is 4.98 Å². The van der Waals surface area contributed by atoms with Gasteiger partial charge < -0.3 is 4.98 Å². The minimum Gasteiger partial charge on any atom is -0.356 e. The average molecular weight is 291 g/mol. The number of carbonyl (C=O) groups is 1. The summed E-state index contributed by atoms with van der Waals surface area (Å²) in [5, 5.41) is 0. The normalized spacial score (nSPS) is 19.0. The Labute approximate surface area is 96.8 Å². The number of nitrogens with one attached hydrogen (secondary N) is 1. The lowest BCUT2D eigenvalue weighted by atomic mass is 10.4. The highest BCUT2D eigenvalue weighted by molar-refractivity contribution is 9.10. The molecule has 0 saturated carbocycles. The molecule has 1 N–H and O–H groups in total. The van der Waals surface area contributed by atoms with Gasteiger partial charge in [-0.3, -0.25) is 4.79 Å². The monoisotopic (exact) mass is 290 g/mol. The van der Waals surface area contributed by atoms with Crippen LogP contribution in [-0.2, 0) is 9.73 Å². The molecule has 1 aromatic heterocycles. The predicted octanol–water partition coefficient (Wildman–Crippen LogP) is 2.18. The molecule has 4 nitrogen and oxygen atoms in total. The molecular weight excluding hydrogens is 280 g/mol. The van der Waals surface area contributed by atoms with Gasteiger partial charge in [0, 0.05) is 22.2 Å². The second-order valence-electron chi connectivity index (χ2n) is 3.52. The quantitative estimate of drug-likeness (QED) is 0.862. The van der Waals surface area contributed by atoms with Crippen LogP contribution in [0.15, 0.2) is 21.1 Å². The summed E-state index contributed by atoms with van der Waals surface area (Å²) < 4.78 is 16.6. The summed E-state index contributed by atoms with van der Waals surface area (Å²) in [4.78, 5) is 14.4. The van der Waals surface area contributed by atoms with E-state index in [9.17, 15) is 9.00 Å². The van der Waals surface area contributed by atoms with E-state index in [2.05, 4.69) is 25.3 Å². The third kappa shape index (κ3) is 2.49. The summed E-state index contributed by atoms with van der Waals surface area (Å²) in [7, 11) is -2.25. The first-order chi connectivity index (χ1) is 7.09. The maximum atomic E-state index is 12.0. The molecule has 15 heavy (non-hydrogen) atoms. The van der Waals surface area contributed by atoms with Crippen molar-refractivity contribution in [3.8, 4) is 0 Å². The molecule has 2 heterocycles. The van der Waals surface area contributed by atoms with Gasteiger partial charge in [0.05, 0.1) is 9.73 Å². The SMILES string of the molecule is O=C(N=S1(=O)CCCC1)c1cc(Br)c[nH]1. The van der Waals surface area contributed by atoms with E-state index in [4.69, 9.17) is 0 Å². The molecule has 0 atom stereocenters. The maximum absolute atomic E-state index is 12.0. The molecule has 1 amide bonds. The molecule has 1 aliphatic rings. The lowest BCUT2D eigenvalue weighted by Crippen LogP contribution is -2.06. The lowest BCUT2D eigenvalue weighted by molar-refractivity contribution is 0.100. The van der Waals surface area contributed by atoms with Crippen molar-refractivity contribution in [3.63, 3.8) is 0 Å². The number of aromatic amines is 1. The second-order valence-corrected chi connectivity index (χ2v) is 6.98. The van der Waals surface area contributed by atoms with Gasteiger partial charge in [-0.25, -0.2) is 4.21 Å². The topological polar surface area (TPSA) is 62.3 Å². The van der Waals surface area contributed by atoms with E-state index < -0.39 is 15.6 Å². The Bertz CT molecular complexity index is 488. The Morgan fingerprint density at radius 2 is 2.13 bits per heavy atom. The first-order valence-electron chi connectivity index (χ1n) is 4.70. The molecule has 1 fully saturated rings. The van der Waals surface area contributed by atoms with Gasteiger partial charge in [-0.1, -0.05) is 0 Å². The van der Waals surface area contributed by atoms with E-state index in [0.29, 0.717) is 17.2 Å². The van der Waals surface area contributed by atoms with Crippen LogP contribution in [0.4, 0.5) is 0 Å². The van der Waals surface area contributed by atoms with Crippen LogP contribution in [0.2, 0.25) is 0 Å². The number of hydrogen-bond acceptors (Lipinski definition) is 2. The molecule has 0 aromatic carbocycles. The van der Waals surface area contributed by atoms with Crippen LogP contribution >= 0.6 is 15.9 Å². The van der Waals surface area contributed by atoms with Crippen molar-refractivity contribution in [2.75, 3.05) is 11.5 Å². The van der Waals surface area contributed by atoms with Crippen LogP contribution in [-0.4, -0.2) is 26.6 Å². The molecule has 1 aliphatic heterocycles. The zero-order valence-corrected chi connectivity index (χ0v) is 10.4. The van der Waals surface area contributed by atoms with Gasteiger partial charge in [-0.05, 0) is 34.8 Å². The summed E-state index contributed by atoms with van der Waals surface area (Å²) in [6, 6.07) is 1.64. The van der Waals surface area contributed by atoms with Crippen molar-refractivity contribution in [2.24, 2.45) is 4.36 Å². The van der Waals surface area contributed by atoms with Crippen molar-refractivity contribution in [3.05, 3.63) is 22.4 Å². The first kappa shape index (κ1) is 10.9. The Hall–Kier alpha value is -0.620. The second kappa shape index (κ2) is 4.09. The van der Waals surface area contributed by atoms with E-state index in [1.54, 1.807) is 12.3 Å². The summed E-state index contributed by atoms with van der Waals surface area (Å²) in [5.41, 5.74) is 0.386. The number of carbonyl (C=O) groups excluding carboxylic acids is 1. The fourth-order valence-electron chi connectivity index (χ4n) is 1.54. The van der Waals surface area contributed by atoms with Crippen LogP contribution in [0.3, 0.4) is 0 Å². The zero-order chi connectivity index (χ0) is 10.9. The summed E-state index contributed by atoms with van der Waals surface area (Å²) in [6.45, 7) is 0. The summed E-state index contributed by atoms with van der Waals surface area (Å²) in [6.07, 6.45) is 3.47. The molecule has 6 heteroatoms. The van der Waals surface area contributed by atoms with Crippen molar-refractivity contribution in [2.45, 2.75) is 12.8 Å². The van der Waals surface area contributed by atoms with Gasteiger partial charge in [0.1, 0.15) is 5.69 Å². The Kier molecular flexibility index (Phi) is 2.97. The van der Waals surface area contributed by atoms with Crippen LogP contribution in [0.5, 0.6) is 0 Å². The smallest absolute Gasteiger partial charge is 0.301 e. The zero-order valence-electron chi connectivity index (χ0n) is 8.03. The van der Waals surface area contributed by atoms with Crippen LogP contribution < -0.4 is 0 Å². The molecule has 2 rings (SSSR count). The van der Waals surface area contributed by atoms with Crippen molar-refractivity contribution >= 4 is 31.6 Å². The number of hydrogen-bond donors (Lipinski definition) is 1. The van der Waals surface area contributed by atoms with E-state index >= 15 is 0 Å². The lowest BCUT2D eigenvalue weighted by Gasteiger charge is -1.97. The van der Waals surface area contributed by atoms with Gasteiger partial charge in [0.25, 0.3) is 0 Å². The van der Waals surface area contributed by atoms with E-state index in [0.717, 1.165) is 17.3 Å². The Morgan fingerprint density at radius 3 is 2.67 bits per heavy atom. The number of aromatic nitrogens is 1. The molecule has 1 aromatic rings. The largest absolute Gasteiger partial charge is 0.356 e. The average Bonchev–Trinajstić information content (AvgIpc) is 2.75. The minimum absolute atomic E-state index is 0.386. The third-order valence-corrected chi connectivity index (χ3v) is 5.11. The number of rotatable bonds is 1. The fourth-order valence-corrected chi connectivity index (χ4v) is 3.98. The van der Waals surface area contributed by atoms with Crippen LogP contribution in [0.25, 0.3) is 0 Å². The highest BCUT2D eigenvalue weighted by atomic mass is 79.9.